The second-order valence-electron chi connectivity index (χ2n) is 9.89. The average Bonchev–Trinajstić information content (AvgIpc) is 3.44. The van der Waals surface area contributed by atoms with Crippen LogP contribution < -0.4 is 9.80 Å². The number of hydrogen-bond donors (Lipinski definition) is 0. The van der Waals surface area contributed by atoms with E-state index in [2.05, 4.69) is 116 Å². The highest BCUT2D eigenvalue weighted by Crippen LogP contribution is 2.59. The lowest BCUT2D eigenvalue weighted by atomic mass is 9.60. The molecule has 0 saturated carbocycles. The van der Waals surface area contributed by atoms with Crippen LogP contribution in [0.5, 0.6) is 0 Å². The first-order valence-corrected chi connectivity index (χ1v) is 12.4. The number of nitrogens with zero attached hydrogens (tertiary/aromatic N) is 6. The van der Waals surface area contributed by atoms with Crippen LogP contribution in [0.4, 0.5) is 11.4 Å². The van der Waals surface area contributed by atoms with Crippen LogP contribution in [0.1, 0.15) is 61.8 Å². The fourth-order valence-electron chi connectivity index (χ4n) is 6.47. The normalized spacial score (nSPS) is 23.8. The summed E-state index contributed by atoms with van der Waals surface area (Å²) in [6.45, 7) is 6.74. The smallest absolute Gasteiger partial charge is 0.112 e. The Kier molecular flexibility index (Phi) is 5.49. The standard InChI is InChI=1S/C29H32N6/c1-6-29(7-2)27(23-16-21(18-30)8-10-25(23)34-14-12-32(4)20(34)3)24-17-22(19-31)9-11-26(24)35-15-13-33(5)28(29)35/h8-17,20,27-28H,6-7H2,1-5H3. The van der Waals surface area contributed by atoms with E-state index in [9.17, 15) is 10.5 Å². The van der Waals surface area contributed by atoms with Crippen molar-refractivity contribution in [1.29, 1.82) is 10.5 Å². The van der Waals surface area contributed by atoms with Crippen LogP contribution >= 0.6 is 0 Å². The van der Waals surface area contributed by atoms with E-state index in [0.29, 0.717) is 11.1 Å². The molecule has 0 aromatic heterocycles. The average molecular weight is 465 g/mol. The third kappa shape index (κ3) is 3.21. The van der Waals surface area contributed by atoms with Crippen LogP contribution in [0.3, 0.4) is 0 Å². The molecule has 0 N–H and O–H groups in total. The van der Waals surface area contributed by atoms with Crippen LogP contribution in [0, 0.1) is 28.1 Å². The van der Waals surface area contributed by atoms with E-state index in [1.165, 1.54) is 0 Å². The molecule has 3 aliphatic heterocycles. The molecule has 0 aliphatic carbocycles. The van der Waals surface area contributed by atoms with Crippen molar-refractivity contribution in [2.75, 3.05) is 23.9 Å². The lowest BCUT2D eigenvalue weighted by Crippen LogP contribution is -2.56. The Morgan fingerprint density at radius 1 is 0.771 bits per heavy atom. The van der Waals surface area contributed by atoms with Gasteiger partial charge in [-0.2, -0.15) is 10.5 Å². The molecule has 3 aliphatic rings. The second-order valence-corrected chi connectivity index (χ2v) is 9.89. The molecule has 0 bridgehead atoms. The summed E-state index contributed by atoms with van der Waals surface area (Å²) in [5, 5.41) is 19.7. The molecule has 5 rings (SSSR count). The summed E-state index contributed by atoms with van der Waals surface area (Å²) in [5.74, 6) is 0.0132. The van der Waals surface area contributed by atoms with Crippen LogP contribution in [0.25, 0.3) is 0 Å². The molecule has 0 spiro atoms. The van der Waals surface area contributed by atoms with Gasteiger partial charge in [-0.25, -0.2) is 0 Å². The third-order valence-corrected chi connectivity index (χ3v) is 8.46. The van der Waals surface area contributed by atoms with Gasteiger partial charge in [0.2, 0.25) is 0 Å². The molecule has 178 valence electrons. The van der Waals surface area contributed by atoms with Gasteiger partial charge in [-0.1, -0.05) is 13.8 Å². The third-order valence-electron chi connectivity index (χ3n) is 8.46. The molecule has 3 heterocycles. The maximum absolute atomic E-state index is 9.87. The van der Waals surface area contributed by atoms with Crippen molar-refractivity contribution in [3.63, 3.8) is 0 Å². The van der Waals surface area contributed by atoms with E-state index in [0.717, 1.165) is 35.3 Å². The van der Waals surface area contributed by atoms with E-state index in [1.807, 2.05) is 12.1 Å². The summed E-state index contributed by atoms with van der Waals surface area (Å²) in [6, 6.07) is 16.9. The maximum atomic E-state index is 9.87. The molecule has 2 aromatic rings. The van der Waals surface area contributed by atoms with E-state index < -0.39 is 0 Å². The monoisotopic (exact) mass is 464 g/mol. The lowest BCUT2D eigenvalue weighted by Gasteiger charge is -2.55. The molecule has 6 nitrogen and oxygen atoms in total. The number of rotatable bonds is 4. The maximum Gasteiger partial charge on any atom is 0.112 e. The van der Waals surface area contributed by atoms with Crippen molar-refractivity contribution in [2.45, 2.75) is 51.9 Å². The van der Waals surface area contributed by atoms with Crippen LogP contribution in [0.15, 0.2) is 61.2 Å². The minimum atomic E-state index is -0.138. The van der Waals surface area contributed by atoms with Gasteiger partial charge in [0.05, 0.1) is 23.3 Å². The Morgan fingerprint density at radius 3 is 1.77 bits per heavy atom. The van der Waals surface area contributed by atoms with Gasteiger partial charge >= 0.3 is 0 Å². The Hall–Kier alpha value is -3.90. The fourth-order valence-corrected chi connectivity index (χ4v) is 6.47. The number of nitriles is 2. The van der Waals surface area contributed by atoms with Crippen LogP contribution in [0.2, 0.25) is 0 Å². The quantitative estimate of drug-likeness (QED) is 0.595. The Labute approximate surface area is 208 Å². The van der Waals surface area contributed by atoms with E-state index in [-0.39, 0.29) is 23.7 Å². The van der Waals surface area contributed by atoms with Crippen LogP contribution in [-0.4, -0.2) is 36.2 Å². The molecule has 3 unspecified atom stereocenters. The zero-order chi connectivity index (χ0) is 24.9. The molecule has 6 heteroatoms. The van der Waals surface area contributed by atoms with Crippen molar-refractivity contribution >= 4 is 11.4 Å². The van der Waals surface area contributed by atoms with E-state index in [1.54, 1.807) is 0 Å². The SMILES string of the molecule is CCC1(CC)C(c2cc(C#N)ccc2N2C=CN(C)C2C)c2cc(C#N)ccc2N2C=CN(C)C21. The van der Waals surface area contributed by atoms with Gasteiger partial charge in [0.15, 0.2) is 0 Å². The van der Waals surface area contributed by atoms with Gasteiger partial charge < -0.3 is 19.6 Å². The van der Waals surface area contributed by atoms with Gasteiger partial charge in [-0.15, -0.1) is 0 Å². The van der Waals surface area contributed by atoms with Crippen molar-refractivity contribution < 1.29 is 0 Å². The lowest BCUT2D eigenvalue weighted by molar-refractivity contribution is 0.0890. The highest BCUT2D eigenvalue weighted by molar-refractivity contribution is 5.71. The Morgan fingerprint density at radius 2 is 1.29 bits per heavy atom. The molecule has 2 aromatic carbocycles. The van der Waals surface area contributed by atoms with Gasteiger partial charge in [0.25, 0.3) is 0 Å². The summed E-state index contributed by atoms with van der Waals surface area (Å²) in [5.41, 5.74) is 5.74. The predicted molar refractivity (Wildman–Crippen MR) is 139 cm³/mol. The summed E-state index contributed by atoms with van der Waals surface area (Å²) < 4.78 is 0. The van der Waals surface area contributed by atoms with Crippen molar-refractivity contribution in [3.05, 3.63) is 83.5 Å². The topological polar surface area (TPSA) is 60.5 Å². The van der Waals surface area contributed by atoms with Gasteiger partial charge in [0, 0.05) is 61.6 Å². The van der Waals surface area contributed by atoms with Gasteiger partial charge in [-0.05, 0) is 67.3 Å². The zero-order valence-electron chi connectivity index (χ0n) is 21.1. The first-order chi connectivity index (χ1) is 16.9. The van der Waals surface area contributed by atoms with Gasteiger partial charge in [0.1, 0.15) is 12.3 Å². The highest BCUT2D eigenvalue weighted by atomic mass is 15.4. The Bertz CT molecular complexity index is 1290. The minimum Gasteiger partial charge on any atom is -0.359 e. The number of fused-ring (bicyclic) bond motifs is 3. The molecule has 0 radical (unpaired) electrons. The second kappa shape index (κ2) is 8.40. The highest BCUT2D eigenvalue weighted by Gasteiger charge is 2.54. The van der Waals surface area contributed by atoms with Crippen molar-refractivity contribution in [1.82, 2.24) is 9.80 Å². The molecule has 0 amide bonds. The summed E-state index contributed by atoms with van der Waals surface area (Å²) in [6.07, 6.45) is 10.8. The number of benzene rings is 2. The molecular formula is C29H32N6. The zero-order valence-corrected chi connectivity index (χ0v) is 21.1. The Balaban J connectivity index is 1.84. The predicted octanol–water partition coefficient (Wildman–Crippen LogP) is 5.50. The first-order valence-electron chi connectivity index (χ1n) is 12.4. The molecule has 0 saturated heterocycles. The molecule has 0 fully saturated rings. The molecule has 3 atom stereocenters. The minimum absolute atomic E-state index is 0.0132. The molecular weight excluding hydrogens is 432 g/mol. The van der Waals surface area contributed by atoms with Crippen molar-refractivity contribution in [3.8, 4) is 12.1 Å². The van der Waals surface area contributed by atoms with Gasteiger partial charge in [-0.3, -0.25) is 0 Å². The molecule has 35 heavy (non-hydrogen) atoms. The number of hydrogen-bond acceptors (Lipinski definition) is 6. The van der Waals surface area contributed by atoms with E-state index in [4.69, 9.17) is 0 Å². The van der Waals surface area contributed by atoms with Crippen molar-refractivity contribution in [2.24, 2.45) is 5.41 Å². The number of anilines is 2. The van der Waals surface area contributed by atoms with E-state index >= 15 is 0 Å². The van der Waals surface area contributed by atoms with Crippen LogP contribution in [-0.2, 0) is 0 Å². The summed E-state index contributed by atoms with van der Waals surface area (Å²) in [7, 11) is 4.23. The summed E-state index contributed by atoms with van der Waals surface area (Å²) >= 11 is 0. The fraction of sp³-hybridized carbons (Fsp3) is 0.379. The first kappa shape index (κ1) is 22.9. The largest absolute Gasteiger partial charge is 0.359 e. The summed E-state index contributed by atoms with van der Waals surface area (Å²) in [4.78, 5) is 9.18.